The van der Waals surface area contributed by atoms with Crippen LogP contribution in [0.1, 0.15) is 11.1 Å². The van der Waals surface area contributed by atoms with Crippen LogP contribution >= 0.6 is 0 Å². The van der Waals surface area contributed by atoms with E-state index in [1.54, 1.807) is 0 Å². The van der Waals surface area contributed by atoms with Crippen LogP contribution in [0, 0.1) is 13.8 Å². The lowest BCUT2D eigenvalue weighted by Gasteiger charge is -2.15. The van der Waals surface area contributed by atoms with Crippen LogP contribution in [0.25, 0.3) is 0 Å². The number of aliphatic hydroxyl groups is 3. The molecule has 4 N–H and O–H groups in total. The molecule has 0 saturated carbocycles. The molecule has 1 aromatic carbocycles. The summed E-state index contributed by atoms with van der Waals surface area (Å²) in [4.78, 5) is 0. The lowest BCUT2D eigenvalue weighted by atomic mass is 10.1. The van der Waals surface area contributed by atoms with E-state index in [2.05, 4.69) is 5.32 Å². The van der Waals surface area contributed by atoms with Gasteiger partial charge >= 0.3 is 0 Å². The lowest BCUT2D eigenvalue weighted by Crippen LogP contribution is -2.37. The van der Waals surface area contributed by atoms with E-state index >= 15 is 0 Å². The zero-order chi connectivity index (χ0) is 14.3. The van der Waals surface area contributed by atoms with Crippen molar-refractivity contribution in [3.05, 3.63) is 29.3 Å². The number of hydrogen-bond donors (Lipinski definition) is 4. The number of aryl methyl sites for hydroxylation is 2. The van der Waals surface area contributed by atoms with Crippen molar-refractivity contribution in [1.29, 1.82) is 0 Å². The number of benzene rings is 1. The van der Waals surface area contributed by atoms with Crippen LogP contribution in [-0.2, 0) is 0 Å². The molecule has 2 unspecified atom stereocenters. The van der Waals surface area contributed by atoms with Gasteiger partial charge in [0.05, 0.1) is 12.7 Å². The molecule has 0 aliphatic heterocycles. The van der Waals surface area contributed by atoms with Gasteiger partial charge < -0.3 is 25.4 Å². The Bertz CT molecular complexity index is 384. The Morgan fingerprint density at radius 3 is 2.47 bits per heavy atom. The Labute approximate surface area is 113 Å². The summed E-state index contributed by atoms with van der Waals surface area (Å²) < 4.78 is 5.54. The maximum atomic E-state index is 9.71. The molecule has 5 heteroatoms. The molecule has 0 aromatic heterocycles. The second-order valence-corrected chi connectivity index (χ2v) is 4.73. The summed E-state index contributed by atoms with van der Waals surface area (Å²) in [6.45, 7) is 4.43. The van der Waals surface area contributed by atoms with Gasteiger partial charge in [0.15, 0.2) is 0 Å². The van der Waals surface area contributed by atoms with E-state index in [0.29, 0.717) is 6.54 Å². The first-order valence-electron chi connectivity index (χ1n) is 6.40. The van der Waals surface area contributed by atoms with Crippen LogP contribution < -0.4 is 10.1 Å². The lowest BCUT2D eigenvalue weighted by molar-refractivity contribution is 0.0794. The minimum absolute atomic E-state index is 0.187. The fourth-order valence-electron chi connectivity index (χ4n) is 1.69. The van der Waals surface area contributed by atoms with Crippen LogP contribution in [0.2, 0.25) is 0 Å². The molecule has 0 saturated heterocycles. The van der Waals surface area contributed by atoms with Crippen LogP contribution in [0.15, 0.2) is 18.2 Å². The maximum absolute atomic E-state index is 9.71. The SMILES string of the molecule is Cc1ccc(OCC(O)CNCC(O)CO)c(C)c1. The van der Waals surface area contributed by atoms with Gasteiger partial charge in [0.2, 0.25) is 0 Å². The summed E-state index contributed by atoms with van der Waals surface area (Å²) in [7, 11) is 0. The Morgan fingerprint density at radius 1 is 1.16 bits per heavy atom. The molecule has 0 fully saturated rings. The van der Waals surface area contributed by atoms with E-state index in [-0.39, 0.29) is 19.8 Å². The molecular weight excluding hydrogens is 246 g/mol. The molecule has 0 bridgehead atoms. The molecule has 19 heavy (non-hydrogen) atoms. The van der Waals surface area contributed by atoms with Crippen molar-refractivity contribution in [2.45, 2.75) is 26.1 Å². The van der Waals surface area contributed by atoms with Gasteiger partial charge in [-0.15, -0.1) is 0 Å². The fraction of sp³-hybridized carbons (Fsp3) is 0.571. The van der Waals surface area contributed by atoms with Gasteiger partial charge in [-0.2, -0.15) is 0 Å². The van der Waals surface area contributed by atoms with Crippen molar-refractivity contribution < 1.29 is 20.1 Å². The second kappa shape index (κ2) is 8.12. The van der Waals surface area contributed by atoms with E-state index in [9.17, 15) is 5.11 Å². The Hall–Kier alpha value is -1.14. The smallest absolute Gasteiger partial charge is 0.122 e. The van der Waals surface area contributed by atoms with Gasteiger partial charge in [-0.05, 0) is 25.5 Å². The summed E-state index contributed by atoms with van der Waals surface area (Å²) in [5, 5.41) is 30.3. The molecule has 0 amide bonds. The maximum Gasteiger partial charge on any atom is 0.122 e. The highest BCUT2D eigenvalue weighted by Gasteiger charge is 2.08. The van der Waals surface area contributed by atoms with Crippen molar-refractivity contribution in [1.82, 2.24) is 5.32 Å². The van der Waals surface area contributed by atoms with Gasteiger partial charge in [-0.1, -0.05) is 17.7 Å². The van der Waals surface area contributed by atoms with Gasteiger partial charge in [0, 0.05) is 13.1 Å². The summed E-state index contributed by atoms with van der Waals surface area (Å²) in [5.74, 6) is 0.764. The van der Waals surface area contributed by atoms with Crippen LogP contribution in [-0.4, -0.2) is 53.8 Å². The van der Waals surface area contributed by atoms with Crippen molar-refractivity contribution in [2.24, 2.45) is 0 Å². The third kappa shape index (κ3) is 6.02. The molecule has 1 rings (SSSR count). The quantitative estimate of drug-likeness (QED) is 0.533. The summed E-state index contributed by atoms with van der Waals surface area (Å²) in [6.07, 6.45) is -1.46. The number of hydrogen-bond acceptors (Lipinski definition) is 5. The monoisotopic (exact) mass is 269 g/mol. The predicted octanol–water partition coefficient (Wildman–Crippen LogP) is -0.0141. The minimum atomic E-state index is -0.799. The topological polar surface area (TPSA) is 82.0 Å². The van der Waals surface area contributed by atoms with Gasteiger partial charge in [0.1, 0.15) is 18.5 Å². The van der Waals surface area contributed by atoms with Crippen molar-refractivity contribution >= 4 is 0 Å². The van der Waals surface area contributed by atoms with Crippen LogP contribution in [0.5, 0.6) is 5.75 Å². The second-order valence-electron chi connectivity index (χ2n) is 4.73. The molecule has 108 valence electrons. The predicted molar refractivity (Wildman–Crippen MR) is 73.4 cm³/mol. The summed E-state index contributed by atoms with van der Waals surface area (Å²) in [6, 6.07) is 5.88. The van der Waals surface area contributed by atoms with Crippen molar-refractivity contribution in [3.63, 3.8) is 0 Å². The summed E-state index contributed by atoms with van der Waals surface area (Å²) in [5.41, 5.74) is 2.21. The normalized spacial score (nSPS) is 14.2. The third-order valence-corrected chi connectivity index (χ3v) is 2.73. The molecule has 0 heterocycles. The standard InChI is InChI=1S/C14H23NO4/c1-10-3-4-14(11(2)5-10)19-9-13(18)7-15-6-12(17)8-16/h3-5,12-13,15-18H,6-9H2,1-2H3. The molecule has 0 radical (unpaired) electrons. The first-order valence-corrected chi connectivity index (χ1v) is 6.40. The molecular formula is C14H23NO4. The first-order chi connectivity index (χ1) is 9.02. The number of ether oxygens (including phenoxy) is 1. The van der Waals surface area contributed by atoms with Crippen LogP contribution in [0.3, 0.4) is 0 Å². The highest BCUT2D eigenvalue weighted by molar-refractivity contribution is 5.35. The molecule has 0 aliphatic rings. The zero-order valence-corrected chi connectivity index (χ0v) is 11.5. The Balaban J connectivity index is 2.28. The van der Waals surface area contributed by atoms with E-state index in [0.717, 1.165) is 11.3 Å². The van der Waals surface area contributed by atoms with E-state index in [1.807, 2.05) is 32.0 Å². The van der Waals surface area contributed by atoms with Gasteiger partial charge in [0.25, 0.3) is 0 Å². The molecule has 0 spiro atoms. The van der Waals surface area contributed by atoms with Gasteiger partial charge in [-0.25, -0.2) is 0 Å². The van der Waals surface area contributed by atoms with E-state index in [1.165, 1.54) is 5.56 Å². The van der Waals surface area contributed by atoms with Crippen molar-refractivity contribution in [3.8, 4) is 5.75 Å². The molecule has 5 nitrogen and oxygen atoms in total. The largest absolute Gasteiger partial charge is 0.491 e. The molecule has 1 aromatic rings. The zero-order valence-electron chi connectivity index (χ0n) is 11.5. The number of rotatable bonds is 8. The minimum Gasteiger partial charge on any atom is -0.491 e. The molecule has 2 atom stereocenters. The Kier molecular flexibility index (Phi) is 6.80. The van der Waals surface area contributed by atoms with E-state index < -0.39 is 12.2 Å². The number of nitrogens with one attached hydrogen (secondary N) is 1. The first kappa shape index (κ1) is 15.9. The van der Waals surface area contributed by atoms with Crippen LogP contribution in [0.4, 0.5) is 0 Å². The number of aliphatic hydroxyl groups excluding tert-OH is 3. The van der Waals surface area contributed by atoms with Crippen molar-refractivity contribution in [2.75, 3.05) is 26.3 Å². The third-order valence-electron chi connectivity index (χ3n) is 2.73. The molecule has 0 aliphatic carbocycles. The Morgan fingerprint density at radius 2 is 1.84 bits per heavy atom. The fourth-order valence-corrected chi connectivity index (χ4v) is 1.69. The van der Waals surface area contributed by atoms with E-state index in [4.69, 9.17) is 14.9 Å². The highest BCUT2D eigenvalue weighted by Crippen LogP contribution is 2.18. The summed E-state index contributed by atoms with van der Waals surface area (Å²) >= 11 is 0. The van der Waals surface area contributed by atoms with Gasteiger partial charge in [-0.3, -0.25) is 0 Å². The highest BCUT2D eigenvalue weighted by atomic mass is 16.5. The average Bonchev–Trinajstić information content (AvgIpc) is 2.37. The average molecular weight is 269 g/mol.